The quantitative estimate of drug-likeness (QED) is 0.711. The lowest BCUT2D eigenvalue weighted by Crippen LogP contribution is -2.10. The van der Waals surface area contributed by atoms with Crippen molar-refractivity contribution in [1.82, 2.24) is 19.5 Å². The molecule has 0 spiro atoms. The van der Waals surface area contributed by atoms with Crippen LogP contribution in [0.25, 0.3) is 11.2 Å². The first kappa shape index (κ1) is 20.8. The van der Waals surface area contributed by atoms with Gasteiger partial charge < -0.3 is 15.0 Å². The summed E-state index contributed by atoms with van der Waals surface area (Å²) < 4.78 is 2.01. The zero-order valence-electron chi connectivity index (χ0n) is 17.2. The summed E-state index contributed by atoms with van der Waals surface area (Å²) in [5.74, 6) is 0.534. The molecule has 0 fully saturated rings. The molecule has 2 N–H and O–H groups in total. The third kappa shape index (κ3) is 5.26. The number of imidazole rings is 1. The number of benzene rings is 1. The molecule has 1 aromatic carbocycles. The predicted molar refractivity (Wildman–Crippen MR) is 111 cm³/mol. The standard InChI is InChI=1S/C11H17N5O.C10H14/c1-7(2)16-6-13-9-8(3)14-11(12-4-5-17)15-10(9)16;1-4-10-6-5-8(2)9(3)7-10/h6-7,17H,4-5H2,1-3H3,(H,12,14,15);5-7H,4H2,1-3H3. The van der Waals surface area contributed by atoms with Crippen LogP contribution in [0.4, 0.5) is 5.95 Å². The second-order valence-corrected chi connectivity index (χ2v) is 6.97. The third-order valence-electron chi connectivity index (χ3n) is 4.53. The molecule has 6 nitrogen and oxygen atoms in total. The van der Waals surface area contributed by atoms with E-state index in [0.29, 0.717) is 18.5 Å². The molecule has 27 heavy (non-hydrogen) atoms. The molecule has 3 aromatic rings. The average molecular weight is 370 g/mol. The fraction of sp³-hybridized carbons (Fsp3) is 0.476. The molecular weight excluding hydrogens is 338 g/mol. The minimum atomic E-state index is 0.0594. The molecule has 0 aliphatic heterocycles. The van der Waals surface area contributed by atoms with E-state index >= 15 is 0 Å². The highest BCUT2D eigenvalue weighted by molar-refractivity contribution is 5.74. The molecule has 2 heterocycles. The highest BCUT2D eigenvalue weighted by Gasteiger charge is 2.11. The minimum Gasteiger partial charge on any atom is -0.395 e. The second-order valence-electron chi connectivity index (χ2n) is 6.97. The number of nitrogens with one attached hydrogen (secondary N) is 1. The maximum Gasteiger partial charge on any atom is 0.225 e. The summed E-state index contributed by atoms with van der Waals surface area (Å²) in [5.41, 5.74) is 6.72. The van der Waals surface area contributed by atoms with E-state index in [1.54, 1.807) is 6.33 Å². The monoisotopic (exact) mass is 369 g/mol. The molecule has 0 bridgehead atoms. The first-order valence-electron chi connectivity index (χ1n) is 9.49. The highest BCUT2D eigenvalue weighted by atomic mass is 16.3. The Morgan fingerprint density at radius 2 is 1.85 bits per heavy atom. The van der Waals surface area contributed by atoms with Gasteiger partial charge in [-0.05, 0) is 57.7 Å². The summed E-state index contributed by atoms with van der Waals surface area (Å²) in [6.45, 7) is 13.1. The van der Waals surface area contributed by atoms with Crippen molar-refractivity contribution in [2.24, 2.45) is 0 Å². The Kier molecular flexibility index (Phi) is 7.30. The van der Waals surface area contributed by atoms with Crippen LogP contribution in [0.3, 0.4) is 0 Å². The van der Waals surface area contributed by atoms with Crippen molar-refractivity contribution in [3.8, 4) is 0 Å². The first-order valence-corrected chi connectivity index (χ1v) is 9.49. The molecule has 0 atom stereocenters. The van der Waals surface area contributed by atoms with Crippen LogP contribution in [0, 0.1) is 20.8 Å². The Bertz CT molecular complexity index is 886. The fourth-order valence-corrected chi connectivity index (χ4v) is 2.71. The molecule has 0 saturated heterocycles. The lowest BCUT2D eigenvalue weighted by molar-refractivity contribution is 0.311. The highest BCUT2D eigenvalue weighted by Crippen LogP contribution is 2.19. The largest absolute Gasteiger partial charge is 0.395 e. The van der Waals surface area contributed by atoms with Gasteiger partial charge in [0.1, 0.15) is 5.52 Å². The van der Waals surface area contributed by atoms with Gasteiger partial charge in [0.15, 0.2) is 5.65 Å². The van der Waals surface area contributed by atoms with Crippen LogP contribution in [0.2, 0.25) is 0 Å². The molecule has 146 valence electrons. The minimum absolute atomic E-state index is 0.0594. The molecule has 0 unspecified atom stereocenters. The average Bonchev–Trinajstić information content (AvgIpc) is 3.07. The number of fused-ring (bicyclic) bond motifs is 1. The zero-order chi connectivity index (χ0) is 20.0. The first-order chi connectivity index (χ1) is 12.9. The van der Waals surface area contributed by atoms with E-state index in [2.05, 4.69) is 73.1 Å². The van der Waals surface area contributed by atoms with Crippen molar-refractivity contribution in [3.63, 3.8) is 0 Å². The summed E-state index contributed by atoms with van der Waals surface area (Å²) >= 11 is 0. The van der Waals surface area contributed by atoms with E-state index < -0.39 is 0 Å². The van der Waals surface area contributed by atoms with Crippen molar-refractivity contribution in [1.29, 1.82) is 0 Å². The van der Waals surface area contributed by atoms with Gasteiger partial charge in [0.25, 0.3) is 0 Å². The van der Waals surface area contributed by atoms with E-state index in [1.165, 1.54) is 16.7 Å². The number of hydrogen-bond acceptors (Lipinski definition) is 5. The lowest BCUT2D eigenvalue weighted by Gasteiger charge is -2.09. The molecule has 2 aromatic heterocycles. The Balaban J connectivity index is 0.000000223. The molecular formula is C21H31N5O. The third-order valence-corrected chi connectivity index (χ3v) is 4.53. The maximum absolute atomic E-state index is 8.78. The molecule has 0 saturated carbocycles. The number of aromatic nitrogens is 4. The normalized spacial score (nSPS) is 10.8. The number of hydrogen-bond donors (Lipinski definition) is 2. The summed E-state index contributed by atoms with van der Waals surface area (Å²) in [5, 5.41) is 11.7. The second kappa shape index (κ2) is 9.46. The van der Waals surface area contributed by atoms with Gasteiger partial charge in [0.05, 0.1) is 18.6 Å². The maximum atomic E-state index is 8.78. The van der Waals surface area contributed by atoms with Gasteiger partial charge in [0, 0.05) is 12.6 Å². The zero-order valence-corrected chi connectivity index (χ0v) is 17.2. The van der Waals surface area contributed by atoms with Crippen LogP contribution in [0.1, 0.15) is 49.2 Å². The molecule has 0 aliphatic carbocycles. The van der Waals surface area contributed by atoms with Gasteiger partial charge in [0.2, 0.25) is 5.95 Å². The van der Waals surface area contributed by atoms with E-state index in [0.717, 1.165) is 23.3 Å². The van der Waals surface area contributed by atoms with Gasteiger partial charge in [-0.25, -0.2) is 9.97 Å². The summed E-state index contributed by atoms with van der Waals surface area (Å²) in [6.07, 6.45) is 2.92. The van der Waals surface area contributed by atoms with E-state index in [9.17, 15) is 0 Å². The molecule has 3 rings (SSSR count). The molecule has 0 aliphatic rings. The topological polar surface area (TPSA) is 75.9 Å². The van der Waals surface area contributed by atoms with Crippen LogP contribution < -0.4 is 5.32 Å². The van der Waals surface area contributed by atoms with Crippen LogP contribution in [0.15, 0.2) is 24.5 Å². The molecule has 6 heteroatoms. The van der Waals surface area contributed by atoms with Gasteiger partial charge in [-0.2, -0.15) is 4.98 Å². The number of anilines is 1. The Labute approximate surface area is 161 Å². The summed E-state index contributed by atoms with van der Waals surface area (Å²) in [6, 6.07) is 6.95. The number of aliphatic hydroxyl groups is 1. The Morgan fingerprint density at radius 3 is 2.44 bits per heavy atom. The SMILES string of the molecule is CCc1ccc(C)c(C)c1.Cc1nc(NCCO)nc2c1ncn2C(C)C. The van der Waals surface area contributed by atoms with Crippen molar-refractivity contribution < 1.29 is 5.11 Å². The molecule has 0 amide bonds. The van der Waals surface area contributed by atoms with Crippen LogP contribution in [-0.4, -0.2) is 37.8 Å². The van der Waals surface area contributed by atoms with Crippen LogP contribution >= 0.6 is 0 Å². The van der Waals surface area contributed by atoms with Crippen LogP contribution in [-0.2, 0) is 6.42 Å². The smallest absolute Gasteiger partial charge is 0.225 e. The Morgan fingerprint density at radius 1 is 1.11 bits per heavy atom. The predicted octanol–water partition coefficient (Wildman–Crippen LogP) is 3.99. The van der Waals surface area contributed by atoms with Crippen molar-refractivity contribution in [2.45, 2.75) is 54.0 Å². The number of aryl methyl sites for hydroxylation is 4. The van der Waals surface area contributed by atoms with E-state index in [1.807, 2.05) is 11.5 Å². The number of aliphatic hydroxyl groups excluding tert-OH is 1. The molecule has 0 radical (unpaired) electrons. The van der Waals surface area contributed by atoms with Gasteiger partial charge in [-0.3, -0.25) is 0 Å². The Hall–Kier alpha value is -2.47. The van der Waals surface area contributed by atoms with Crippen LogP contribution in [0.5, 0.6) is 0 Å². The van der Waals surface area contributed by atoms with Crippen molar-refractivity contribution >= 4 is 17.1 Å². The van der Waals surface area contributed by atoms with Crippen molar-refractivity contribution in [3.05, 3.63) is 46.9 Å². The number of nitrogens with zero attached hydrogens (tertiary/aromatic N) is 4. The van der Waals surface area contributed by atoms with E-state index in [4.69, 9.17) is 5.11 Å². The van der Waals surface area contributed by atoms with E-state index in [-0.39, 0.29) is 6.61 Å². The van der Waals surface area contributed by atoms with Gasteiger partial charge in [-0.15, -0.1) is 0 Å². The van der Waals surface area contributed by atoms with Gasteiger partial charge in [-0.1, -0.05) is 25.1 Å². The lowest BCUT2D eigenvalue weighted by atomic mass is 10.1. The fourth-order valence-electron chi connectivity index (χ4n) is 2.71. The van der Waals surface area contributed by atoms with Gasteiger partial charge >= 0.3 is 0 Å². The van der Waals surface area contributed by atoms with Crippen molar-refractivity contribution in [2.75, 3.05) is 18.5 Å². The summed E-state index contributed by atoms with van der Waals surface area (Å²) in [4.78, 5) is 13.0. The number of rotatable bonds is 5. The summed E-state index contributed by atoms with van der Waals surface area (Å²) in [7, 11) is 0.